The molecule has 4 fully saturated rings. The van der Waals surface area contributed by atoms with Crippen LogP contribution in [-0.2, 0) is 4.79 Å². The number of hydrogen-bond acceptors (Lipinski definition) is 5. The maximum atomic E-state index is 12.9. The molecule has 11 atom stereocenters. The molecule has 0 radical (unpaired) electrons. The summed E-state index contributed by atoms with van der Waals surface area (Å²) in [6.07, 6.45) is 6.40. The Bertz CT molecular complexity index is 970. The average molecular weight is 505 g/mol. The molecule has 0 amide bonds. The first-order valence-electron chi connectivity index (χ1n) is 14.2. The van der Waals surface area contributed by atoms with Gasteiger partial charge in [-0.1, -0.05) is 46.3 Å². The van der Waals surface area contributed by atoms with Crippen LogP contribution in [0.4, 0.5) is 0 Å². The lowest BCUT2D eigenvalue weighted by Crippen LogP contribution is -2.69. The first-order valence-corrected chi connectivity index (χ1v) is 14.2. The summed E-state index contributed by atoms with van der Waals surface area (Å²) in [5.41, 5.74) is -2.13. The molecular formula is C30H48O6. The molecule has 0 aromatic heterocycles. The van der Waals surface area contributed by atoms with Crippen LogP contribution in [0.25, 0.3) is 0 Å². The van der Waals surface area contributed by atoms with Gasteiger partial charge in [-0.05, 0) is 91.8 Å². The smallest absolute Gasteiger partial charge is 0.310 e. The van der Waals surface area contributed by atoms with E-state index in [1.807, 2.05) is 0 Å². The molecule has 6 nitrogen and oxygen atoms in total. The fraction of sp³-hybridized carbons (Fsp3) is 0.900. The van der Waals surface area contributed by atoms with Crippen molar-refractivity contribution in [2.45, 2.75) is 111 Å². The highest BCUT2D eigenvalue weighted by Crippen LogP contribution is 2.76. The van der Waals surface area contributed by atoms with E-state index >= 15 is 0 Å². The van der Waals surface area contributed by atoms with E-state index in [-0.39, 0.29) is 34.2 Å². The molecule has 204 valence electrons. The standard InChI is InChI=1S/C30H48O6/c1-25(2)20-10-11-28(5)21(26(20,3)15-19(32)23(25)33)8-7-18-22-29(6,36)17(16-31)9-12-30(22,24(34)35)14-13-27(18,28)4/h7,17,19-23,31-33,36H,8-16H2,1-6H3,(H,34,35)/t17-,19-,20-,21+,22+,23+,26-,27+,28+,29+,30-/m0/s1. The van der Waals surface area contributed by atoms with Crippen LogP contribution in [-0.4, -0.2) is 55.9 Å². The SMILES string of the molecule is CC1(C)[C@H](O)[C@@H](O)C[C@]2(C)[C@H]3CC=C4[C@H]5[C@](C(=O)O)(CC[C@@H](CO)[C@@]5(C)O)CC[C@@]4(C)[C@]3(C)CC[C@@H]12. The lowest BCUT2D eigenvalue weighted by molar-refractivity contribution is -0.238. The lowest BCUT2D eigenvalue weighted by Gasteiger charge is -2.72. The summed E-state index contributed by atoms with van der Waals surface area (Å²) in [4.78, 5) is 12.9. The predicted molar refractivity (Wildman–Crippen MR) is 137 cm³/mol. The number of allylic oxidation sites excluding steroid dienone is 1. The van der Waals surface area contributed by atoms with Crippen LogP contribution in [0, 0.1) is 50.7 Å². The van der Waals surface area contributed by atoms with Gasteiger partial charge in [0.2, 0.25) is 0 Å². The van der Waals surface area contributed by atoms with Gasteiger partial charge in [-0.3, -0.25) is 4.79 Å². The largest absolute Gasteiger partial charge is 0.481 e. The highest BCUT2D eigenvalue weighted by atomic mass is 16.4. The van der Waals surface area contributed by atoms with Crippen molar-refractivity contribution in [2.75, 3.05) is 6.61 Å². The Morgan fingerprint density at radius 1 is 0.972 bits per heavy atom. The zero-order valence-corrected chi connectivity index (χ0v) is 23.0. The van der Waals surface area contributed by atoms with Gasteiger partial charge in [0, 0.05) is 18.4 Å². The second-order valence-corrected chi connectivity index (χ2v) is 14.9. The molecule has 0 heterocycles. The van der Waals surface area contributed by atoms with Gasteiger partial charge in [0.1, 0.15) is 0 Å². The number of fused-ring (bicyclic) bond motifs is 7. The summed E-state index contributed by atoms with van der Waals surface area (Å²) in [6, 6.07) is 0. The van der Waals surface area contributed by atoms with Crippen LogP contribution in [0.15, 0.2) is 11.6 Å². The number of hydrogen-bond donors (Lipinski definition) is 5. The van der Waals surface area contributed by atoms with E-state index in [9.17, 15) is 30.3 Å². The van der Waals surface area contributed by atoms with Gasteiger partial charge in [-0.15, -0.1) is 0 Å². The molecule has 0 saturated heterocycles. The third-order valence-electron chi connectivity index (χ3n) is 13.4. The Kier molecular flexibility index (Phi) is 5.77. The van der Waals surface area contributed by atoms with Crippen molar-refractivity contribution in [1.82, 2.24) is 0 Å². The van der Waals surface area contributed by atoms with Crippen LogP contribution in [0.1, 0.15) is 92.9 Å². The monoisotopic (exact) mass is 504 g/mol. The predicted octanol–water partition coefficient (Wildman–Crippen LogP) is 4.15. The maximum Gasteiger partial charge on any atom is 0.310 e. The van der Waals surface area contributed by atoms with Crippen molar-refractivity contribution in [3.63, 3.8) is 0 Å². The second kappa shape index (κ2) is 7.80. The molecule has 0 spiro atoms. The van der Waals surface area contributed by atoms with E-state index < -0.39 is 35.1 Å². The molecule has 0 unspecified atom stereocenters. The van der Waals surface area contributed by atoms with Gasteiger partial charge in [-0.25, -0.2) is 0 Å². The Morgan fingerprint density at radius 2 is 1.64 bits per heavy atom. The maximum absolute atomic E-state index is 12.9. The third kappa shape index (κ3) is 2.96. The number of carbonyl (C=O) groups is 1. The Morgan fingerprint density at radius 3 is 2.25 bits per heavy atom. The lowest BCUT2D eigenvalue weighted by atomic mass is 9.33. The molecule has 0 aromatic carbocycles. The molecule has 0 aliphatic heterocycles. The number of aliphatic carboxylic acids is 1. The number of carboxylic acids is 1. The summed E-state index contributed by atoms with van der Waals surface area (Å²) in [6.45, 7) is 12.8. The van der Waals surface area contributed by atoms with Crippen molar-refractivity contribution in [3.8, 4) is 0 Å². The van der Waals surface area contributed by atoms with E-state index in [1.165, 1.54) is 0 Å². The van der Waals surface area contributed by atoms with Crippen LogP contribution >= 0.6 is 0 Å². The van der Waals surface area contributed by atoms with E-state index in [0.29, 0.717) is 37.5 Å². The van der Waals surface area contributed by atoms with Crippen LogP contribution in [0.3, 0.4) is 0 Å². The zero-order valence-electron chi connectivity index (χ0n) is 23.0. The molecule has 6 heteroatoms. The molecule has 0 bridgehead atoms. The minimum Gasteiger partial charge on any atom is -0.481 e. The Labute approximate surface area is 216 Å². The molecule has 4 saturated carbocycles. The molecular weight excluding hydrogens is 456 g/mol. The summed E-state index contributed by atoms with van der Waals surface area (Å²) in [7, 11) is 0. The van der Waals surface area contributed by atoms with Crippen LogP contribution in [0.5, 0.6) is 0 Å². The number of aliphatic hydroxyl groups excluding tert-OH is 3. The molecule has 5 aliphatic rings. The van der Waals surface area contributed by atoms with E-state index in [2.05, 4.69) is 40.7 Å². The number of carboxylic acid groups (broad SMARTS) is 1. The summed E-state index contributed by atoms with van der Waals surface area (Å²) in [5.74, 6) is -1.10. The van der Waals surface area contributed by atoms with Crippen molar-refractivity contribution in [2.24, 2.45) is 50.7 Å². The quantitative estimate of drug-likeness (QED) is 0.361. The zero-order chi connectivity index (χ0) is 26.7. The first-order chi connectivity index (χ1) is 16.5. The minimum atomic E-state index is -1.30. The Balaban J connectivity index is 1.65. The summed E-state index contributed by atoms with van der Waals surface area (Å²) >= 11 is 0. The molecule has 36 heavy (non-hydrogen) atoms. The third-order valence-corrected chi connectivity index (χ3v) is 13.4. The van der Waals surface area contributed by atoms with Crippen molar-refractivity contribution in [1.29, 1.82) is 0 Å². The van der Waals surface area contributed by atoms with Crippen molar-refractivity contribution < 1.29 is 30.3 Å². The van der Waals surface area contributed by atoms with Gasteiger partial charge >= 0.3 is 5.97 Å². The van der Waals surface area contributed by atoms with Crippen molar-refractivity contribution in [3.05, 3.63) is 11.6 Å². The topological polar surface area (TPSA) is 118 Å². The fourth-order valence-electron chi connectivity index (χ4n) is 11.2. The van der Waals surface area contributed by atoms with E-state index in [0.717, 1.165) is 31.3 Å². The summed E-state index contributed by atoms with van der Waals surface area (Å²) < 4.78 is 0. The molecule has 5 aliphatic carbocycles. The Hall–Kier alpha value is -0.950. The normalized spacial score (nSPS) is 55.9. The first kappa shape index (κ1) is 26.6. The van der Waals surface area contributed by atoms with Crippen molar-refractivity contribution >= 4 is 5.97 Å². The highest BCUT2D eigenvalue weighted by Gasteiger charge is 2.72. The number of rotatable bonds is 2. The molecule has 5 rings (SSSR count). The van der Waals surface area contributed by atoms with Gasteiger partial charge < -0.3 is 25.5 Å². The second-order valence-electron chi connectivity index (χ2n) is 14.9. The van der Waals surface area contributed by atoms with Gasteiger partial charge in [0.25, 0.3) is 0 Å². The number of aliphatic hydroxyl groups is 4. The van der Waals surface area contributed by atoms with Crippen LogP contribution < -0.4 is 0 Å². The fourth-order valence-corrected chi connectivity index (χ4v) is 11.2. The minimum absolute atomic E-state index is 0.118. The summed E-state index contributed by atoms with van der Waals surface area (Å²) in [5, 5.41) is 54.5. The molecule has 5 N–H and O–H groups in total. The van der Waals surface area contributed by atoms with Gasteiger partial charge in [0.15, 0.2) is 0 Å². The van der Waals surface area contributed by atoms with Crippen LogP contribution in [0.2, 0.25) is 0 Å². The van der Waals surface area contributed by atoms with E-state index in [1.54, 1.807) is 6.92 Å². The van der Waals surface area contributed by atoms with Gasteiger partial charge in [0.05, 0.1) is 23.2 Å². The highest BCUT2D eigenvalue weighted by molar-refractivity contribution is 5.77. The van der Waals surface area contributed by atoms with E-state index in [4.69, 9.17) is 0 Å². The van der Waals surface area contributed by atoms with Gasteiger partial charge in [-0.2, -0.15) is 0 Å². The molecule has 0 aromatic rings. The average Bonchev–Trinajstić information content (AvgIpc) is 2.77.